The molecule has 0 aliphatic rings. The number of carbonyl (C=O) groups is 2. The normalized spacial score (nSPS) is 10.5. The Hall–Kier alpha value is -2.57. The van der Waals surface area contributed by atoms with Gasteiger partial charge in [0.2, 0.25) is 5.91 Å². The Labute approximate surface area is 128 Å². The second-order valence-electron chi connectivity index (χ2n) is 4.91. The van der Waals surface area contributed by atoms with Crippen molar-refractivity contribution < 1.29 is 14.3 Å². The highest BCUT2D eigenvalue weighted by atomic mass is 16.5. The molecular weight excluding hydrogens is 284 g/mol. The SMILES string of the molecule is COc1cccn2c(C(=O)NCCCNC(C)=O)c(C)nc12. The molecule has 2 amide bonds. The van der Waals surface area contributed by atoms with Crippen molar-refractivity contribution >= 4 is 17.5 Å². The lowest BCUT2D eigenvalue weighted by atomic mass is 10.3. The minimum atomic E-state index is -0.193. The Morgan fingerprint density at radius 1 is 1.32 bits per heavy atom. The van der Waals surface area contributed by atoms with E-state index in [1.807, 2.05) is 0 Å². The molecule has 2 rings (SSSR count). The molecule has 0 saturated heterocycles. The van der Waals surface area contributed by atoms with Gasteiger partial charge >= 0.3 is 0 Å². The van der Waals surface area contributed by atoms with Crippen LogP contribution in [-0.2, 0) is 4.79 Å². The number of pyridine rings is 1. The van der Waals surface area contributed by atoms with Crippen LogP contribution in [0.1, 0.15) is 29.5 Å². The number of nitrogens with one attached hydrogen (secondary N) is 2. The number of rotatable bonds is 6. The largest absolute Gasteiger partial charge is 0.493 e. The lowest BCUT2D eigenvalue weighted by Crippen LogP contribution is -2.29. The quantitative estimate of drug-likeness (QED) is 0.777. The number of hydrogen-bond acceptors (Lipinski definition) is 4. The number of imidazole rings is 1. The maximum absolute atomic E-state index is 12.3. The predicted octanol–water partition coefficient (Wildman–Crippen LogP) is 0.907. The summed E-state index contributed by atoms with van der Waals surface area (Å²) in [6.45, 7) is 4.28. The molecule has 2 aromatic heterocycles. The monoisotopic (exact) mass is 304 g/mol. The molecule has 7 nitrogen and oxygen atoms in total. The molecule has 0 spiro atoms. The van der Waals surface area contributed by atoms with Gasteiger partial charge in [0, 0.05) is 26.2 Å². The van der Waals surface area contributed by atoms with Crippen LogP contribution in [0.4, 0.5) is 0 Å². The molecule has 0 saturated carbocycles. The van der Waals surface area contributed by atoms with Gasteiger partial charge in [-0.05, 0) is 25.5 Å². The molecule has 2 N–H and O–H groups in total. The number of aryl methyl sites for hydroxylation is 1. The predicted molar refractivity (Wildman–Crippen MR) is 82.1 cm³/mol. The van der Waals surface area contributed by atoms with E-state index in [1.54, 1.807) is 36.8 Å². The summed E-state index contributed by atoms with van der Waals surface area (Å²) >= 11 is 0. The first-order valence-electron chi connectivity index (χ1n) is 7.09. The van der Waals surface area contributed by atoms with Gasteiger partial charge in [-0.15, -0.1) is 0 Å². The van der Waals surface area contributed by atoms with E-state index in [4.69, 9.17) is 4.74 Å². The first-order chi connectivity index (χ1) is 10.5. The Morgan fingerprint density at radius 2 is 2.05 bits per heavy atom. The van der Waals surface area contributed by atoms with E-state index in [9.17, 15) is 9.59 Å². The van der Waals surface area contributed by atoms with Crippen molar-refractivity contribution in [2.45, 2.75) is 20.3 Å². The highest BCUT2D eigenvalue weighted by Crippen LogP contribution is 2.21. The molecule has 0 aliphatic carbocycles. The fourth-order valence-electron chi connectivity index (χ4n) is 2.23. The smallest absolute Gasteiger partial charge is 0.270 e. The van der Waals surface area contributed by atoms with Gasteiger partial charge in [-0.1, -0.05) is 0 Å². The maximum atomic E-state index is 12.3. The van der Waals surface area contributed by atoms with Crippen molar-refractivity contribution in [1.82, 2.24) is 20.0 Å². The summed E-state index contributed by atoms with van der Waals surface area (Å²) in [6.07, 6.45) is 2.45. The van der Waals surface area contributed by atoms with Crippen LogP contribution >= 0.6 is 0 Å². The summed E-state index contributed by atoms with van der Waals surface area (Å²) in [5.41, 5.74) is 1.75. The van der Waals surface area contributed by atoms with E-state index in [-0.39, 0.29) is 11.8 Å². The number of amides is 2. The highest BCUT2D eigenvalue weighted by molar-refractivity contribution is 5.94. The van der Waals surface area contributed by atoms with Crippen molar-refractivity contribution in [3.05, 3.63) is 29.7 Å². The molecular formula is C15H20N4O3. The number of carbonyl (C=O) groups excluding carboxylic acids is 2. The topological polar surface area (TPSA) is 84.7 Å². The van der Waals surface area contributed by atoms with E-state index in [0.29, 0.717) is 42.3 Å². The van der Waals surface area contributed by atoms with E-state index in [0.717, 1.165) is 0 Å². The van der Waals surface area contributed by atoms with Crippen LogP contribution in [0.2, 0.25) is 0 Å². The summed E-state index contributed by atoms with van der Waals surface area (Å²) in [6, 6.07) is 3.61. The number of hydrogen-bond donors (Lipinski definition) is 2. The minimum absolute atomic E-state index is 0.0731. The average Bonchev–Trinajstić information content (AvgIpc) is 2.82. The van der Waals surface area contributed by atoms with Crippen LogP contribution in [0, 0.1) is 6.92 Å². The summed E-state index contributed by atoms with van der Waals surface area (Å²) in [5.74, 6) is 0.354. The van der Waals surface area contributed by atoms with Gasteiger partial charge in [0.05, 0.1) is 12.8 Å². The summed E-state index contributed by atoms with van der Waals surface area (Å²) in [5, 5.41) is 5.52. The molecule has 0 aliphatic heterocycles. The van der Waals surface area contributed by atoms with Gasteiger partial charge in [0.1, 0.15) is 5.69 Å². The third-order valence-electron chi connectivity index (χ3n) is 3.24. The van der Waals surface area contributed by atoms with Gasteiger partial charge in [-0.3, -0.25) is 14.0 Å². The maximum Gasteiger partial charge on any atom is 0.270 e. The third-order valence-corrected chi connectivity index (χ3v) is 3.24. The zero-order chi connectivity index (χ0) is 16.1. The van der Waals surface area contributed by atoms with Crippen LogP contribution in [0.5, 0.6) is 5.75 Å². The lowest BCUT2D eigenvalue weighted by Gasteiger charge is -2.07. The lowest BCUT2D eigenvalue weighted by molar-refractivity contribution is -0.118. The first-order valence-corrected chi connectivity index (χ1v) is 7.09. The summed E-state index contributed by atoms with van der Waals surface area (Å²) in [7, 11) is 1.57. The van der Waals surface area contributed by atoms with Gasteiger partial charge < -0.3 is 15.4 Å². The van der Waals surface area contributed by atoms with Crippen LogP contribution in [0.25, 0.3) is 5.65 Å². The number of methoxy groups -OCH3 is 1. The molecule has 2 heterocycles. The first kappa shape index (κ1) is 15.8. The van der Waals surface area contributed by atoms with E-state index in [1.165, 1.54) is 6.92 Å². The summed E-state index contributed by atoms with van der Waals surface area (Å²) < 4.78 is 6.98. The number of fused-ring (bicyclic) bond motifs is 1. The van der Waals surface area contributed by atoms with E-state index < -0.39 is 0 Å². The van der Waals surface area contributed by atoms with Gasteiger partial charge in [-0.25, -0.2) is 4.98 Å². The molecule has 0 fully saturated rings. The Bertz CT molecular complexity index is 693. The van der Waals surface area contributed by atoms with Crippen molar-refractivity contribution in [1.29, 1.82) is 0 Å². The molecule has 0 unspecified atom stereocenters. The highest BCUT2D eigenvalue weighted by Gasteiger charge is 2.17. The van der Waals surface area contributed by atoms with Gasteiger partial charge in [-0.2, -0.15) is 0 Å². The molecule has 0 aromatic carbocycles. The van der Waals surface area contributed by atoms with Gasteiger partial charge in [0.25, 0.3) is 5.91 Å². The Kier molecular flexibility index (Phi) is 4.98. The molecule has 118 valence electrons. The third kappa shape index (κ3) is 3.36. The van der Waals surface area contributed by atoms with E-state index in [2.05, 4.69) is 15.6 Å². The van der Waals surface area contributed by atoms with Crippen LogP contribution in [0.3, 0.4) is 0 Å². The molecule has 0 atom stereocenters. The standard InChI is InChI=1S/C15H20N4O3/c1-10-13(15(21)17-8-5-7-16-11(2)20)19-9-4-6-12(22-3)14(19)18-10/h4,6,9H,5,7-8H2,1-3H3,(H,16,20)(H,17,21). The fraction of sp³-hybridized carbons (Fsp3) is 0.400. The van der Waals surface area contributed by atoms with Crippen molar-refractivity contribution in [2.24, 2.45) is 0 Å². The fourth-order valence-corrected chi connectivity index (χ4v) is 2.23. The zero-order valence-electron chi connectivity index (χ0n) is 13.0. The van der Waals surface area contributed by atoms with Crippen LogP contribution < -0.4 is 15.4 Å². The number of aromatic nitrogens is 2. The Morgan fingerprint density at radius 3 is 2.73 bits per heavy atom. The second kappa shape index (κ2) is 6.93. The van der Waals surface area contributed by atoms with E-state index >= 15 is 0 Å². The van der Waals surface area contributed by atoms with Crippen LogP contribution in [0.15, 0.2) is 18.3 Å². The zero-order valence-corrected chi connectivity index (χ0v) is 13.0. The molecule has 0 bridgehead atoms. The van der Waals surface area contributed by atoms with Crippen molar-refractivity contribution in [3.8, 4) is 5.75 Å². The minimum Gasteiger partial charge on any atom is -0.493 e. The second-order valence-corrected chi connectivity index (χ2v) is 4.91. The van der Waals surface area contributed by atoms with Crippen molar-refractivity contribution in [2.75, 3.05) is 20.2 Å². The number of nitrogens with zero attached hydrogens (tertiary/aromatic N) is 2. The molecule has 2 aromatic rings. The van der Waals surface area contributed by atoms with Crippen molar-refractivity contribution in [3.63, 3.8) is 0 Å². The molecule has 0 radical (unpaired) electrons. The van der Waals surface area contributed by atoms with Gasteiger partial charge in [0.15, 0.2) is 11.4 Å². The average molecular weight is 304 g/mol. The summed E-state index contributed by atoms with van der Waals surface area (Å²) in [4.78, 5) is 27.5. The molecule has 7 heteroatoms. The molecule has 22 heavy (non-hydrogen) atoms. The Balaban J connectivity index is 2.08. The van der Waals surface area contributed by atoms with Crippen LogP contribution in [-0.4, -0.2) is 41.4 Å². The number of ether oxygens (including phenoxy) is 1.